The number of sulfonamides is 1. The van der Waals surface area contributed by atoms with Crippen LogP contribution >= 0.6 is 0 Å². The number of nitrogens with two attached hydrogens (primary N) is 1. The molecule has 1 fully saturated rings. The Morgan fingerprint density at radius 2 is 1.48 bits per heavy atom. The minimum atomic E-state index is -4.22. The molecule has 0 aliphatic heterocycles. The highest BCUT2D eigenvalue weighted by Gasteiger charge is 2.27. The van der Waals surface area contributed by atoms with Crippen LogP contribution in [0.3, 0.4) is 0 Å². The summed E-state index contributed by atoms with van der Waals surface area (Å²) < 4.78 is 54.4. The molecule has 1 aromatic carbocycles. The zero-order valence-corrected chi connectivity index (χ0v) is 12.6. The molecule has 0 spiro atoms. The number of nitrogen functional groups attached to an aromatic ring is 1. The number of hydrogen-bond donors (Lipinski definition) is 2. The lowest BCUT2D eigenvalue weighted by molar-refractivity contribution is 0.423. The number of rotatable bonds is 3. The molecule has 1 aliphatic rings. The minimum Gasteiger partial charge on any atom is -0.399 e. The average Bonchev–Trinajstić information content (AvgIpc) is 2.30. The second-order valence-electron chi connectivity index (χ2n) is 5.48. The molecule has 0 amide bonds. The number of halogens is 2. The van der Waals surface area contributed by atoms with E-state index in [4.69, 9.17) is 5.73 Å². The first-order valence-electron chi connectivity index (χ1n) is 7.17. The van der Waals surface area contributed by atoms with Gasteiger partial charge in [-0.05, 0) is 25.0 Å². The molecule has 1 aliphatic carbocycles. The summed E-state index contributed by atoms with van der Waals surface area (Å²) in [5.74, 6) is -2.32. The standard InChI is InChI=1S/C14H20F2N2O2S/c15-12-8-10(17)9-13(16)14(12)21(19,20)18-11-6-4-2-1-3-5-7-11/h8-9,11,18H,1-7,17H2. The van der Waals surface area contributed by atoms with Gasteiger partial charge in [0, 0.05) is 11.7 Å². The summed E-state index contributed by atoms with van der Waals surface area (Å²) in [4.78, 5) is -0.946. The predicted octanol–water partition coefficient (Wildman–Crippen LogP) is 2.94. The quantitative estimate of drug-likeness (QED) is 0.842. The van der Waals surface area contributed by atoms with Gasteiger partial charge in [-0.2, -0.15) is 0 Å². The van der Waals surface area contributed by atoms with E-state index in [1.807, 2.05) is 0 Å². The van der Waals surface area contributed by atoms with Crippen LogP contribution in [0.5, 0.6) is 0 Å². The SMILES string of the molecule is Nc1cc(F)c(S(=O)(=O)NC2CCCCCCC2)c(F)c1. The molecule has 3 N–H and O–H groups in total. The van der Waals surface area contributed by atoms with Gasteiger partial charge >= 0.3 is 0 Å². The first kappa shape index (κ1) is 16.2. The summed E-state index contributed by atoms with van der Waals surface area (Å²) in [5.41, 5.74) is 5.16. The first-order chi connectivity index (χ1) is 9.90. The Morgan fingerprint density at radius 3 is 2.00 bits per heavy atom. The zero-order chi connectivity index (χ0) is 15.5. The van der Waals surface area contributed by atoms with E-state index in [0.29, 0.717) is 12.8 Å². The van der Waals surface area contributed by atoms with Crippen molar-refractivity contribution in [3.63, 3.8) is 0 Å². The summed E-state index contributed by atoms with van der Waals surface area (Å²) in [7, 11) is -4.22. The highest BCUT2D eigenvalue weighted by molar-refractivity contribution is 7.89. The Kier molecular flexibility index (Phi) is 5.16. The lowest BCUT2D eigenvalue weighted by Gasteiger charge is -2.21. The monoisotopic (exact) mass is 318 g/mol. The van der Waals surface area contributed by atoms with E-state index in [2.05, 4.69) is 4.72 Å². The van der Waals surface area contributed by atoms with Crippen molar-refractivity contribution in [2.75, 3.05) is 5.73 Å². The van der Waals surface area contributed by atoms with Crippen LogP contribution in [0.2, 0.25) is 0 Å². The maximum Gasteiger partial charge on any atom is 0.246 e. The highest BCUT2D eigenvalue weighted by Crippen LogP contribution is 2.24. The van der Waals surface area contributed by atoms with Crippen molar-refractivity contribution >= 4 is 15.7 Å². The van der Waals surface area contributed by atoms with Crippen molar-refractivity contribution < 1.29 is 17.2 Å². The molecule has 2 rings (SSSR count). The highest BCUT2D eigenvalue weighted by atomic mass is 32.2. The third-order valence-corrected chi connectivity index (χ3v) is 5.29. The fourth-order valence-corrected chi connectivity index (χ4v) is 4.11. The molecule has 0 bridgehead atoms. The van der Waals surface area contributed by atoms with Gasteiger partial charge in [0.05, 0.1) is 0 Å². The molecule has 1 aromatic rings. The summed E-state index contributed by atoms with van der Waals surface area (Å²) >= 11 is 0. The Balaban J connectivity index is 2.21. The molecule has 21 heavy (non-hydrogen) atoms. The number of hydrogen-bond acceptors (Lipinski definition) is 3. The summed E-state index contributed by atoms with van der Waals surface area (Å²) in [6, 6.07) is 1.36. The minimum absolute atomic E-state index is 0.144. The Bertz CT molecular complexity index is 574. The molecule has 0 unspecified atom stereocenters. The average molecular weight is 318 g/mol. The molecule has 4 nitrogen and oxygen atoms in total. The van der Waals surface area contributed by atoms with Crippen molar-refractivity contribution in [1.82, 2.24) is 4.72 Å². The maximum absolute atomic E-state index is 13.8. The van der Waals surface area contributed by atoms with Gasteiger partial charge in [0.1, 0.15) is 11.6 Å². The van der Waals surface area contributed by atoms with Gasteiger partial charge in [-0.1, -0.05) is 32.1 Å². The zero-order valence-electron chi connectivity index (χ0n) is 11.7. The lowest BCUT2D eigenvalue weighted by atomic mass is 9.97. The third kappa shape index (κ3) is 4.14. The first-order valence-corrected chi connectivity index (χ1v) is 8.65. The van der Waals surface area contributed by atoms with Gasteiger partial charge in [0.15, 0.2) is 4.90 Å². The summed E-state index contributed by atoms with van der Waals surface area (Å²) in [6.07, 6.45) is 6.49. The summed E-state index contributed by atoms with van der Waals surface area (Å²) in [5, 5.41) is 0. The van der Waals surface area contributed by atoms with Crippen LogP contribution in [-0.2, 0) is 10.0 Å². The Hall–Kier alpha value is -1.21. The van der Waals surface area contributed by atoms with Crippen molar-refractivity contribution in [3.05, 3.63) is 23.8 Å². The largest absolute Gasteiger partial charge is 0.399 e. The van der Waals surface area contributed by atoms with E-state index in [1.165, 1.54) is 0 Å². The van der Waals surface area contributed by atoms with Gasteiger partial charge in [-0.3, -0.25) is 0 Å². The number of nitrogens with one attached hydrogen (secondary N) is 1. The van der Waals surface area contributed by atoms with Crippen LogP contribution in [-0.4, -0.2) is 14.5 Å². The van der Waals surface area contributed by atoms with Crippen LogP contribution in [0, 0.1) is 11.6 Å². The van der Waals surface area contributed by atoms with Crippen LogP contribution in [0.1, 0.15) is 44.9 Å². The Labute approximate surface area is 123 Å². The van der Waals surface area contributed by atoms with Gasteiger partial charge in [-0.25, -0.2) is 21.9 Å². The van der Waals surface area contributed by atoms with E-state index < -0.39 is 26.6 Å². The van der Waals surface area contributed by atoms with Crippen LogP contribution in [0.15, 0.2) is 17.0 Å². The van der Waals surface area contributed by atoms with Crippen molar-refractivity contribution in [2.45, 2.75) is 55.9 Å². The topological polar surface area (TPSA) is 72.2 Å². The van der Waals surface area contributed by atoms with E-state index in [1.54, 1.807) is 0 Å². The molecule has 118 valence electrons. The second kappa shape index (κ2) is 6.70. The molecular weight excluding hydrogens is 298 g/mol. The molecule has 0 saturated heterocycles. The van der Waals surface area contributed by atoms with Crippen molar-refractivity contribution in [3.8, 4) is 0 Å². The van der Waals surface area contributed by atoms with E-state index in [9.17, 15) is 17.2 Å². The van der Waals surface area contributed by atoms with Crippen LogP contribution in [0.25, 0.3) is 0 Å². The van der Waals surface area contributed by atoms with Crippen molar-refractivity contribution in [1.29, 1.82) is 0 Å². The maximum atomic E-state index is 13.8. The van der Waals surface area contributed by atoms with Gasteiger partial charge < -0.3 is 5.73 Å². The predicted molar refractivity (Wildman–Crippen MR) is 77.2 cm³/mol. The summed E-state index contributed by atoms with van der Waals surface area (Å²) in [6.45, 7) is 0. The second-order valence-corrected chi connectivity index (χ2v) is 7.13. The van der Waals surface area contributed by atoms with E-state index in [-0.39, 0.29) is 11.7 Å². The van der Waals surface area contributed by atoms with Crippen LogP contribution < -0.4 is 10.5 Å². The fraction of sp³-hybridized carbons (Fsp3) is 0.571. The van der Waals surface area contributed by atoms with Gasteiger partial charge in [0.2, 0.25) is 10.0 Å². The lowest BCUT2D eigenvalue weighted by Crippen LogP contribution is -2.36. The smallest absolute Gasteiger partial charge is 0.246 e. The van der Waals surface area contributed by atoms with Gasteiger partial charge in [0.25, 0.3) is 0 Å². The molecular formula is C14H20F2N2O2S. The number of anilines is 1. The van der Waals surface area contributed by atoms with E-state index >= 15 is 0 Å². The van der Waals surface area contributed by atoms with Gasteiger partial charge in [-0.15, -0.1) is 0 Å². The van der Waals surface area contributed by atoms with E-state index in [0.717, 1.165) is 44.2 Å². The molecule has 0 heterocycles. The molecule has 0 radical (unpaired) electrons. The molecule has 1 saturated carbocycles. The number of benzene rings is 1. The molecule has 0 atom stereocenters. The van der Waals surface area contributed by atoms with Crippen LogP contribution in [0.4, 0.5) is 14.5 Å². The third-order valence-electron chi connectivity index (χ3n) is 3.72. The fourth-order valence-electron chi connectivity index (χ4n) is 2.69. The molecule has 0 aromatic heterocycles. The molecule has 7 heteroatoms. The Morgan fingerprint density at radius 1 is 1.00 bits per heavy atom. The normalized spacial score (nSPS) is 18.2. The van der Waals surface area contributed by atoms with Crippen molar-refractivity contribution in [2.24, 2.45) is 0 Å².